The van der Waals surface area contributed by atoms with Gasteiger partial charge >= 0.3 is 0 Å². The highest BCUT2D eigenvalue weighted by atomic mass is 19.1. The van der Waals surface area contributed by atoms with Crippen LogP contribution in [0.25, 0.3) is 0 Å². The largest absolute Gasteiger partial charge is 0.349 e. The Balaban J connectivity index is 1.66. The minimum Gasteiger partial charge on any atom is -0.349 e. The number of nitrogens with one attached hydrogen (secondary N) is 2. The van der Waals surface area contributed by atoms with Gasteiger partial charge in [0, 0.05) is 56.0 Å². The van der Waals surface area contributed by atoms with Crippen molar-refractivity contribution in [3.8, 4) is 0 Å². The average molecular weight is 593 g/mol. The van der Waals surface area contributed by atoms with Gasteiger partial charge in [-0.15, -0.1) is 0 Å². The topological polar surface area (TPSA) is 64.7 Å². The minimum absolute atomic E-state index is 0.0883. The van der Waals surface area contributed by atoms with Gasteiger partial charge in [0.15, 0.2) is 0 Å². The third-order valence-corrected chi connectivity index (χ3v) is 7.24. The second-order valence-electron chi connectivity index (χ2n) is 11.3. The van der Waals surface area contributed by atoms with Crippen molar-refractivity contribution in [3.05, 3.63) is 106 Å². The van der Waals surface area contributed by atoms with Gasteiger partial charge in [-0.1, -0.05) is 44.2 Å². The molecule has 0 aliphatic carbocycles. The fourth-order valence-electron chi connectivity index (χ4n) is 5.23. The quantitative estimate of drug-likeness (QED) is 0.189. The number of benzene rings is 3. The maximum absolute atomic E-state index is 13.9. The van der Waals surface area contributed by atoms with Crippen molar-refractivity contribution >= 4 is 11.8 Å². The zero-order valence-electron chi connectivity index (χ0n) is 26.0. The van der Waals surface area contributed by atoms with Gasteiger partial charge in [-0.3, -0.25) is 9.59 Å². The van der Waals surface area contributed by atoms with Crippen LogP contribution in [0, 0.1) is 18.6 Å². The normalized spacial score (nSPS) is 11.9. The number of hydrogen-bond donors (Lipinski definition) is 2. The summed E-state index contributed by atoms with van der Waals surface area (Å²) in [6.07, 6.45) is 2.54. The first-order valence-corrected chi connectivity index (χ1v) is 15.3. The summed E-state index contributed by atoms with van der Waals surface area (Å²) in [6, 6.07) is 18.5. The Morgan fingerprint density at radius 2 is 1.47 bits per heavy atom. The molecule has 3 aromatic carbocycles. The number of nitrogens with zero attached hydrogens (tertiary/aromatic N) is 2. The number of aryl methyl sites for hydroxylation is 1. The number of hydrogen-bond acceptors (Lipinski definition) is 4. The number of rotatable bonds is 17. The maximum Gasteiger partial charge on any atom is 0.253 e. The standard InChI is InChI=1S/C35H46F2N4O2/c1-5-15-41(16-6-2)35(43)30-19-26(3)18-29(23-30)34(42)39-33(22-28-20-31(36)24-32(37)21-28)12-13-38-14-17-40(4)25-27-10-8-7-9-11-27/h7-11,18-21,23-24,33,38H,5-6,12-17,22,25H2,1-4H3,(H,39,42)/t33-/m1/s1. The van der Waals surface area contributed by atoms with E-state index in [1.165, 1.54) is 17.7 Å². The van der Waals surface area contributed by atoms with E-state index < -0.39 is 11.6 Å². The predicted molar refractivity (Wildman–Crippen MR) is 169 cm³/mol. The zero-order chi connectivity index (χ0) is 31.2. The summed E-state index contributed by atoms with van der Waals surface area (Å²) in [7, 11) is 2.07. The smallest absolute Gasteiger partial charge is 0.253 e. The van der Waals surface area contributed by atoms with E-state index in [1.807, 2.05) is 49.9 Å². The molecule has 6 nitrogen and oxygen atoms in total. The van der Waals surface area contributed by atoms with Crippen LogP contribution in [-0.2, 0) is 13.0 Å². The van der Waals surface area contributed by atoms with Gasteiger partial charge in [0.05, 0.1) is 0 Å². The summed E-state index contributed by atoms with van der Waals surface area (Å²) in [5, 5.41) is 6.50. The highest BCUT2D eigenvalue weighted by molar-refractivity contribution is 6.00. The van der Waals surface area contributed by atoms with E-state index in [0.717, 1.165) is 44.1 Å². The van der Waals surface area contributed by atoms with Crippen LogP contribution in [0.1, 0.15) is 70.5 Å². The molecule has 0 unspecified atom stereocenters. The van der Waals surface area contributed by atoms with Crippen molar-refractivity contribution in [2.24, 2.45) is 0 Å². The van der Waals surface area contributed by atoms with Crippen LogP contribution in [0.3, 0.4) is 0 Å². The van der Waals surface area contributed by atoms with E-state index in [1.54, 1.807) is 12.1 Å². The average Bonchev–Trinajstić information content (AvgIpc) is 2.96. The number of amides is 2. The fourth-order valence-corrected chi connectivity index (χ4v) is 5.23. The van der Waals surface area contributed by atoms with Crippen LogP contribution in [0.4, 0.5) is 8.78 Å². The van der Waals surface area contributed by atoms with E-state index in [-0.39, 0.29) is 24.3 Å². The fraction of sp³-hybridized carbons (Fsp3) is 0.429. The molecule has 2 amide bonds. The van der Waals surface area contributed by atoms with Crippen molar-refractivity contribution in [2.75, 3.05) is 39.8 Å². The summed E-state index contributed by atoms with van der Waals surface area (Å²) < 4.78 is 27.9. The van der Waals surface area contributed by atoms with Crippen molar-refractivity contribution < 1.29 is 18.4 Å². The Morgan fingerprint density at radius 1 is 0.814 bits per heavy atom. The van der Waals surface area contributed by atoms with Crippen LogP contribution in [-0.4, -0.2) is 67.4 Å². The Hall–Kier alpha value is -3.62. The molecular weight excluding hydrogens is 546 g/mol. The molecule has 0 aliphatic rings. The molecule has 0 aromatic heterocycles. The molecule has 2 N–H and O–H groups in total. The van der Waals surface area contributed by atoms with E-state index in [2.05, 4.69) is 34.7 Å². The SMILES string of the molecule is CCCN(CCC)C(=O)c1cc(C)cc(C(=O)N[C@H](CCNCCN(C)Cc2ccccc2)Cc2cc(F)cc(F)c2)c1. The van der Waals surface area contributed by atoms with Crippen LogP contribution < -0.4 is 10.6 Å². The molecule has 3 aromatic rings. The van der Waals surface area contributed by atoms with Gasteiger partial charge in [-0.05, 0) is 93.2 Å². The molecule has 0 fully saturated rings. The van der Waals surface area contributed by atoms with Crippen molar-refractivity contribution in [3.63, 3.8) is 0 Å². The predicted octanol–water partition coefficient (Wildman–Crippen LogP) is 5.99. The second kappa shape index (κ2) is 17.5. The minimum atomic E-state index is -0.648. The lowest BCUT2D eigenvalue weighted by Crippen LogP contribution is -2.39. The lowest BCUT2D eigenvalue weighted by molar-refractivity contribution is 0.0755. The molecule has 43 heavy (non-hydrogen) atoms. The molecule has 1 atom stereocenters. The third-order valence-electron chi connectivity index (χ3n) is 7.24. The molecule has 0 spiro atoms. The lowest BCUT2D eigenvalue weighted by atomic mass is 10.0. The van der Waals surface area contributed by atoms with Crippen molar-refractivity contribution in [2.45, 2.75) is 59.0 Å². The summed E-state index contributed by atoms with van der Waals surface area (Å²) in [5.74, 6) is -1.70. The van der Waals surface area contributed by atoms with Gasteiger partial charge in [0.2, 0.25) is 0 Å². The van der Waals surface area contributed by atoms with E-state index in [4.69, 9.17) is 0 Å². The molecular formula is C35H46F2N4O2. The monoisotopic (exact) mass is 592 g/mol. The van der Waals surface area contributed by atoms with Gasteiger partial charge in [0.1, 0.15) is 11.6 Å². The van der Waals surface area contributed by atoms with E-state index in [0.29, 0.717) is 42.7 Å². The Bertz CT molecular complexity index is 1290. The van der Waals surface area contributed by atoms with Gasteiger partial charge in [0.25, 0.3) is 11.8 Å². The summed E-state index contributed by atoms with van der Waals surface area (Å²) >= 11 is 0. The molecule has 232 valence electrons. The van der Waals surface area contributed by atoms with Gasteiger partial charge in [-0.2, -0.15) is 0 Å². The summed E-state index contributed by atoms with van der Waals surface area (Å²) in [6.45, 7) is 10.3. The van der Waals surface area contributed by atoms with Gasteiger partial charge in [-0.25, -0.2) is 8.78 Å². The first-order chi connectivity index (χ1) is 20.7. The molecule has 0 saturated carbocycles. The van der Waals surface area contributed by atoms with Crippen LogP contribution in [0.5, 0.6) is 0 Å². The Kier molecular flexibility index (Phi) is 13.8. The Labute approximate surface area is 255 Å². The zero-order valence-corrected chi connectivity index (χ0v) is 26.0. The maximum atomic E-state index is 13.9. The molecule has 0 bridgehead atoms. The summed E-state index contributed by atoms with van der Waals surface area (Å²) in [5.41, 5.74) is 3.41. The Morgan fingerprint density at radius 3 is 2.12 bits per heavy atom. The molecule has 0 heterocycles. The van der Waals surface area contributed by atoms with Crippen LogP contribution >= 0.6 is 0 Å². The van der Waals surface area contributed by atoms with Crippen LogP contribution in [0.15, 0.2) is 66.7 Å². The lowest BCUT2D eigenvalue weighted by Gasteiger charge is -2.23. The van der Waals surface area contributed by atoms with Crippen molar-refractivity contribution in [1.29, 1.82) is 0 Å². The molecule has 0 radical (unpaired) electrons. The number of likely N-dealkylation sites (N-methyl/N-ethyl adjacent to an activating group) is 1. The molecule has 3 rings (SSSR count). The third kappa shape index (κ3) is 11.5. The highest BCUT2D eigenvalue weighted by Gasteiger charge is 2.20. The van der Waals surface area contributed by atoms with E-state index in [9.17, 15) is 18.4 Å². The van der Waals surface area contributed by atoms with Crippen LogP contribution in [0.2, 0.25) is 0 Å². The first kappa shape index (κ1) is 33.9. The molecule has 8 heteroatoms. The number of halogens is 2. The number of carbonyl (C=O) groups excluding carboxylic acids is 2. The molecule has 0 aliphatic heterocycles. The number of carbonyl (C=O) groups is 2. The second-order valence-corrected chi connectivity index (χ2v) is 11.3. The summed E-state index contributed by atoms with van der Waals surface area (Å²) in [4.78, 5) is 30.8. The van der Waals surface area contributed by atoms with Gasteiger partial charge < -0.3 is 20.4 Å². The van der Waals surface area contributed by atoms with E-state index >= 15 is 0 Å². The molecule has 0 saturated heterocycles. The van der Waals surface area contributed by atoms with Crippen molar-refractivity contribution in [1.82, 2.24) is 20.4 Å². The highest BCUT2D eigenvalue weighted by Crippen LogP contribution is 2.16. The first-order valence-electron chi connectivity index (χ1n) is 15.3.